The fourth-order valence-electron chi connectivity index (χ4n) is 2.56. The molecule has 0 N–H and O–H groups in total. The van der Waals surface area contributed by atoms with Crippen molar-refractivity contribution in [2.45, 2.75) is 10.6 Å². The van der Waals surface area contributed by atoms with Gasteiger partial charge >= 0.3 is 0 Å². The van der Waals surface area contributed by atoms with Crippen LogP contribution in [0.5, 0.6) is 0 Å². The molecule has 1 nitrogen and oxygen atoms in total. The van der Waals surface area contributed by atoms with Crippen LogP contribution >= 0.6 is 23.1 Å². The van der Waals surface area contributed by atoms with Crippen molar-refractivity contribution >= 4 is 39.0 Å². The molecule has 0 bridgehead atoms. The molecule has 3 aromatic rings. The first kappa shape index (κ1) is 13.0. The summed E-state index contributed by atoms with van der Waals surface area (Å²) >= 11 is 2.95. The Morgan fingerprint density at radius 3 is 2.67 bits per heavy atom. The van der Waals surface area contributed by atoms with Crippen LogP contribution in [0.3, 0.4) is 0 Å². The van der Waals surface area contributed by atoms with Gasteiger partial charge in [0.2, 0.25) is 0 Å². The number of ketones is 1. The fourth-order valence-corrected chi connectivity index (χ4v) is 4.86. The summed E-state index contributed by atoms with van der Waals surface area (Å²) in [5.41, 5.74) is 0.988. The topological polar surface area (TPSA) is 17.1 Å². The third-order valence-corrected chi connectivity index (χ3v) is 5.84. The molecule has 0 saturated heterocycles. The van der Waals surface area contributed by atoms with Crippen molar-refractivity contribution < 1.29 is 13.6 Å². The van der Waals surface area contributed by atoms with Crippen LogP contribution in [0.25, 0.3) is 10.1 Å². The van der Waals surface area contributed by atoms with Gasteiger partial charge in [0.25, 0.3) is 0 Å². The second-order valence-corrected chi connectivity index (χ2v) is 6.69. The number of carbonyl (C=O) groups excluding carboxylic acids is 1. The zero-order valence-corrected chi connectivity index (χ0v) is 12.3. The van der Waals surface area contributed by atoms with E-state index in [9.17, 15) is 13.6 Å². The van der Waals surface area contributed by atoms with Gasteiger partial charge in [-0.3, -0.25) is 4.79 Å². The van der Waals surface area contributed by atoms with E-state index in [1.54, 1.807) is 17.4 Å². The number of hydrogen-bond acceptors (Lipinski definition) is 3. The molecule has 21 heavy (non-hydrogen) atoms. The van der Waals surface area contributed by atoms with E-state index in [0.29, 0.717) is 5.56 Å². The summed E-state index contributed by atoms with van der Waals surface area (Å²) in [6.45, 7) is 0. The summed E-state index contributed by atoms with van der Waals surface area (Å²) in [7, 11) is 0. The number of fused-ring (bicyclic) bond motifs is 4. The van der Waals surface area contributed by atoms with E-state index in [1.165, 1.54) is 17.8 Å². The minimum Gasteiger partial charge on any atom is -0.289 e. The van der Waals surface area contributed by atoms with Gasteiger partial charge in [-0.25, -0.2) is 8.78 Å². The lowest BCUT2D eigenvalue weighted by Crippen LogP contribution is -2.06. The Bertz CT molecular complexity index is 899. The van der Waals surface area contributed by atoms with Gasteiger partial charge in [-0.1, -0.05) is 6.07 Å². The maximum absolute atomic E-state index is 14.0. The highest BCUT2D eigenvalue weighted by molar-refractivity contribution is 7.99. The van der Waals surface area contributed by atoms with Crippen LogP contribution in [0.2, 0.25) is 0 Å². The largest absolute Gasteiger partial charge is 0.289 e. The Balaban J connectivity index is 2.00. The van der Waals surface area contributed by atoms with Gasteiger partial charge in [-0.2, -0.15) is 0 Å². The van der Waals surface area contributed by atoms with Crippen LogP contribution in [0.1, 0.15) is 21.5 Å². The van der Waals surface area contributed by atoms with Gasteiger partial charge in [0.05, 0.1) is 0 Å². The van der Waals surface area contributed by atoms with Gasteiger partial charge in [-0.15, -0.1) is 23.1 Å². The first-order valence-electron chi connectivity index (χ1n) is 6.31. The zero-order valence-electron chi connectivity index (χ0n) is 10.7. The van der Waals surface area contributed by atoms with Crippen molar-refractivity contribution in [3.05, 3.63) is 64.0 Å². The first-order chi connectivity index (χ1) is 10.2. The van der Waals surface area contributed by atoms with E-state index in [-0.39, 0.29) is 22.7 Å². The van der Waals surface area contributed by atoms with Crippen LogP contribution in [-0.4, -0.2) is 5.78 Å². The molecule has 0 radical (unpaired) electrons. The van der Waals surface area contributed by atoms with Crippen molar-refractivity contribution in [1.82, 2.24) is 0 Å². The van der Waals surface area contributed by atoms with Gasteiger partial charge in [0.15, 0.2) is 17.4 Å². The Hall–Kier alpha value is -1.72. The van der Waals surface area contributed by atoms with Gasteiger partial charge < -0.3 is 0 Å². The van der Waals surface area contributed by atoms with Crippen molar-refractivity contribution in [1.29, 1.82) is 0 Å². The average Bonchev–Trinajstić information content (AvgIpc) is 2.91. The van der Waals surface area contributed by atoms with Crippen molar-refractivity contribution in [3.63, 3.8) is 0 Å². The lowest BCUT2D eigenvalue weighted by molar-refractivity contribution is 0.103. The van der Waals surface area contributed by atoms with Crippen molar-refractivity contribution in [2.24, 2.45) is 0 Å². The minimum absolute atomic E-state index is 0.158. The molecule has 0 fully saturated rings. The Labute approximate surface area is 127 Å². The molecule has 2 aromatic carbocycles. The Kier molecular flexibility index (Phi) is 2.87. The number of benzene rings is 2. The quantitative estimate of drug-likeness (QED) is 0.579. The molecule has 1 aromatic heterocycles. The molecular weight excluding hydrogens is 310 g/mol. The number of hydrogen-bond donors (Lipinski definition) is 0. The third-order valence-electron chi connectivity index (χ3n) is 3.62. The number of rotatable bonds is 0. The molecule has 5 heteroatoms. The molecule has 0 aliphatic carbocycles. The number of halogens is 2. The molecule has 0 atom stereocenters. The zero-order chi connectivity index (χ0) is 14.6. The summed E-state index contributed by atoms with van der Waals surface area (Å²) in [5, 5.41) is 3.03. The van der Waals surface area contributed by atoms with E-state index < -0.39 is 11.6 Å². The summed E-state index contributed by atoms with van der Waals surface area (Å²) in [6.07, 6.45) is 0. The number of carbonyl (C=O) groups is 1. The van der Waals surface area contributed by atoms with Gasteiger partial charge in [0, 0.05) is 32.0 Å². The monoisotopic (exact) mass is 318 g/mol. The summed E-state index contributed by atoms with van der Waals surface area (Å²) in [6, 6.07) is 8.06. The van der Waals surface area contributed by atoms with E-state index in [4.69, 9.17) is 0 Å². The second kappa shape index (κ2) is 4.64. The molecule has 2 heterocycles. The fraction of sp³-hybridized carbons (Fsp3) is 0.0625. The number of thiophene rings is 1. The lowest BCUT2D eigenvalue weighted by Gasteiger charge is -2.06. The molecule has 4 rings (SSSR count). The van der Waals surface area contributed by atoms with Gasteiger partial charge in [-0.05, 0) is 35.0 Å². The predicted octanol–water partition coefficient (Wildman–Crippen LogP) is 5.02. The second-order valence-electron chi connectivity index (χ2n) is 4.79. The maximum atomic E-state index is 14.0. The average molecular weight is 318 g/mol. The lowest BCUT2D eigenvalue weighted by atomic mass is 9.98. The normalized spacial score (nSPS) is 13.9. The SMILES string of the molecule is O=C1c2ccc(F)c(F)c2CSc2c1ccc1ccsc21. The number of thioether (sulfide) groups is 1. The molecule has 0 saturated carbocycles. The minimum atomic E-state index is -0.913. The summed E-state index contributed by atoms with van der Waals surface area (Å²) in [5.74, 6) is -1.80. The van der Waals surface area contributed by atoms with Crippen LogP contribution in [0, 0.1) is 11.6 Å². The highest BCUT2D eigenvalue weighted by Gasteiger charge is 2.26. The van der Waals surface area contributed by atoms with Crippen LogP contribution in [0.4, 0.5) is 8.78 Å². The Morgan fingerprint density at radius 2 is 1.81 bits per heavy atom. The highest BCUT2D eigenvalue weighted by atomic mass is 32.2. The standard InChI is InChI=1S/C16H8F2OS2/c17-12-4-3-9-11(13(12)18)7-21-16-10(14(9)19)2-1-8-5-6-20-15(8)16/h1-6H,7H2. The van der Waals surface area contributed by atoms with Crippen LogP contribution < -0.4 is 0 Å². The van der Waals surface area contributed by atoms with E-state index in [2.05, 4.69) is 0 Å². The summed E-state index contributed by atoms with van der Waals surface area (Å²) < 4.78 is 28.4. The third kappa shape index (κ3) is 1.84. The molecule has 0 unspecified atom stereocenters. The maximum Gasteiger partial charge on any atom is 0.194 e. The van der Waals surface area contributed by atoms with E-state index in [1.807, 2.05) is 17.5 Å². The molecular formula is C16H8F2OS2. The summed E-state index contributed by atoms with van der Waals surface area (Å²) in [4.78, 5) is 13.5. The van der Waals surface area contributed by atoms with Crippen LogP contribution in [0.15, 0.2) is 40.6 Å². The molecule has 1 aliphatic rings. The Morgan fingerprint density at radius 1 is 1.00 bits per heavy atom. The van der Waals surface area contributed by atoms with Crippen LogP contribution in [-0.2, 0) is 5.75 Å². The van der Waals surface area contributed by atoms with Crippen molar-refractivity contribution in [3.8, 4) is 0 Å². The highest BCUT2D eigenvalue weighted by Crippen LogP contribution is 2.41. The molecule has 0 spiro atoms. The first-order valence-corrected chi connectivity index (χ1v) is 8.18. The predicted molar refractivity (Wildman–Crippen MR) is 81.2 cm³/mol. The molecule has 104 valence electrons. The van der Waals surface area contributed by atoms with E-state index >= 15 is 0 Å². The van der Waals surface area contributed by atoms with Gasteiger partial charge in [0.1, 0.15) is 0 Å². The molecule has 0 amide bonds. The smallest absolute Gasteiger partial charge is 0.194 e. The van der Waals surface area contributed by atoms with Crippen molar-refractivity contribution in [2.75, 3.05) is 0 Å². The van der Waals surface area contributed by atoms with E-state index in [0.717, 1.165) is 21.0 Å². The molecule has 1 aliphatic heterocycles.